The molecule has 6 heteroatoms. The van der Waals surface area contributed by atoms with Gasteiger partial charge in [-0.15, -0.1) is 22.7 Å². The summed E-state index contributed by atoms with van der Waals surface area (Å²) in [7, 11) is 0. The lowest BCUT2D eigenvalue weighted by Crippen LogP contribution is -2.27. The molecule has 3 aromatic heterocycles. The minimum atomic E-state index is 0.702. The predicted molar refractivity (Wildman–Crippen MR) is 80.4 cm³/mol. The number of hydrogen-bond donors (Lipinski definition) is 0. The van der Waals surface area contributed by atoms with E-state index in [4.69, 9.17) is 0 Å². The molecule has 0 atom stereocenters. The molecule has 0 fully saturated rings. The van der Waals surface area contributed by atoms with Crippen LogP contribution in [0.3, 0.4) is 0 Å². The van der Waals surface area contributed by atoms with Crippen LogP contribution in [-0.4, -0.2) is 4.98 Å². The van der Waals surface area contributed by atoms with Gasteiger partial charge in [-0.1, -0.05) is 6.07 Å². The molecule has 0 saturated carbocycles. The van der Waals surface area contributed by atoms with Crippen LogP contribution in [0.2, 0.25) is 0 Å². The van der Waals surface area contributed by atoms with Gasteiger partial charge in [-0.05, 0) is 29.3 Å². The van der Waals surface area contributed by atoms with Gasteiger partial charge in [0.2, 0.25) is 0 Å². The van der Waals surface area contributed by atoms with Crippen molar-refractivity contribution in [3.8, 4) is 9.88 Å². The first-order valence-electron chi connectivity index (χ1n) is 5.62. The Bertz CT molecular complexity index is 664. The molecule has 3 aromatic rings. The molecule has 0 radical (unpaired) electrons. The van der Waals surface area contributed by atoms with Crippen LogP contribution in [-0.2, 0) is 5.75 Å². The summed E-state index contributed by atoms with van der Waals surface area (Å²) in [5, 5.41) is 17.4. The molecule has 96 valence electrons. The standard InChI is InChI=1S/C13H10N2OS3/c16-15-6-2-1-5-12(15)18-8-10-9-19-13(14-10)11-4-3-7-17-11/h1-7,9H,8H2. The smallest absolute Gasteiger partial charge is 0.251 e. The van der Waals surface area contributed by atoms with Crippen molar-refractivity contribution in [2.24, 2.45) is 0 Å². The first-order valence-corrected chi connectivity index (χ1v) is 8.37. The minimum Gasteiger partial charge on any atom is -0.618 e. The molecular weight excluding hydrogens is 296 g/mol. The van der Waals surface area contributed by atoms with Crippen molar-refractivity contribution < 1.29 is 4.73 Å². The van der Waals surface area contributed by atoms with Crippen molar-refractivity contribution in [1.82, 2.24) is 4.98 Å². The molecule has 3 rings (SSSR count). The van der Waals surface area contributed by atoms with Crippen LogP contribution < -0.4 is 4.73 Å². The van der Waals surface area contributed by atoms with Crippen LogP contribution in [0, 0.1) is 5.21 Å². The Labute approximate surface area is 123 Å². The zero-order chi connectivity index (χ0) is 13.1. The summed E-state index contributed by atoms with van der Waals surface area (Å²) in [6.45, 7) is 0. The van der Waals surface area contributed by atoms with E-state index in [9.17, 15) is 5.21 Å². The highest BCUT2D eigenvalue weighted by molar-refractivity contribution is 7.98. The Balaban J connectivity index is 1.70. The van der Waals surface area contributed by atoms with Crippen molar-refractivity contribution in [2.45, 2.75) is 10.8 Å². The number of rotatable bonds is 4. The van der Waals surface area contributed by atoms with E-state index in [2.05, 4.69) is 21.8 Å². The van der Waals surface area contributed by atoms with E-state index in [1.165, 1.54) is 22.8 Å². The van der Waals surface area contributed by atoms with Gasteiger partial charge in [-0.25, -0.2) is 4.98 Å². The Morgan fingerprint density at radius 1 is 1.21 bits per heavy atom. The van der Waals surface area contributed by atoms with Crippen LogP contribution >= 0.6 is 34.4 Å². The quantitative estimate of drug-likeness (QED) is 0.418. The van der Waals surface area contributed by atoms with Crippen LogP contribution in [0.4, 0.5) is 0 Å². The highest BCUT2D eigenvalue weighted by Gasteiger charge is 2.09. The van der Waals surface area contributed by atoms with Crippen molar-refractivity contribution in [1.29, 1.82) is 0 Å². The second kappa shape index (κ2) is 5.73. The number of thioether (sulfide) groups is 1. The van der Waals surface area contributed by atoms with Crippen LogP contribution in [0.1, 0.15) is 5.69 Å². The number of thiophene rings is 1. The maximum atomic E-state index is 11.5. The van der Waals surface area contributed by atoms with E-state index < -0.39 is 0 Å². The summed E-state index contributed by atoms with van der Waals surface area (Å²) >= 11 is 4.85. The Kier molecular flexibility index (Phi) is 3.82. The van der Waals surface area contributed by atoms with Gasteiger partial charge in [0.05, 0.1) is 10.6 Å². The average Bonchev–Trinajstić information content (AvgIpc) is 3.09. The third-order valence-electron chi connectivity index (χ3n) is 2.44. The first-order chi connectivity index (χ1) is 9.33. The van der Waals surface area contributed by atoms with Gasteiger partial charge in [-0.3, -0.25) is 0 Å². The lowest BCUT2D eigenvalue weighted by molar-refractivity contribution is -0.645. The van der Waals surface area contributed by atoms with Gasteiger partial charge in [0.1, 0.15) is 5.01 Å². The summed E-state index contributed by atoms with van der Waals surface area (Å²) in [5.74, 6) is 0.716. The van der Waals surface area contributed by atoms with Crippen molar-refractivity contribution >= 4 is 34.4 Å². The normalized spacial score (nSPS) is 10.7. The number of nitrogens with zero attached hydrogens (tertiary/aromatic N) is 2. The summed E-state index contributed by atoms with van der Waals surface area (Å²) in [6.07, 6.45) is 1.51. The van der Waals surface area contributed by atoms with Crippen LogP contribution in [0.15, 0.2) is 52.3 Å². The fourth-order valence-electron chi connectivity index (χ4n) is 1.56. The van der Waals surface area contributed by atoms with E-state index in [0.29, 0.717) is 10.8 Å². The molecule has 0 amide bonds. The third-order valence-corrected chi connectivity index (χ3v) is 5.42. The molecule has 0 aromatic carbocycles. The molecule has 0 bridgehead atoms. The Morgan fingerprint density at radius 3 is 2.95 bits per heavy atom. The van der Waals surface area contributed by atoms with E-state index in [1.54, 1.807) is 28.7 Å². The predicted octanol–water partition coefficient (Wildman–Crippen LogP) is 3.80. The summed E-state index contributed by atoms with van der Waals surface area (Å²) in [4.78, 5) is 5.79. The lowest BCUT2D eigenvalue weighted by Gasteiger charge is -2.01. The zero-order valence-electron chi connectivity index (χ0n) is 9.85. The molecule has 19 heavy (non-hydrogen) atoms. The molecule has 0 saturated heterocycles. The topological polar surface area (TPSA) is 39.8 Å². The third kappa shape index (κ3) is 2.97. The second-order valence-electron chi connectivity index (χ2n) is 3.77. The van der Waals surface area contributed by atoms with Crippen molar-refractivity contribution in [2.75, 3.05) is 0 Å². The van der Waals surface area contributed by atoms with Crippen LogP contribution in [0.5, 0.6) is 0 Å². The SMILES string of the molecule is [O-][n+]1ccccc1SCc1csc(-c2cccs2)n1. The fraction of sp³-hybridized carbons (Fsp3) is 0.0769. The molecular formula is C13H10N2OS3. The average molecular weight is 306 g/mol. The number of pyridine rings is 1. The second-order valence-corrected chi connectivity index (χ2v) is 6.58. The molecule has 0 aliphatic rings. The Morgan fingerprint density at radius 2 is 2.16 bits per heavy atom. The van der Waals surface area contributed by atoms with Gasteiger partial charge in [0.25, 0.3) is 5.03 Å². The molecule has 0 aliphatic heterocycles. The highest BCUT2D eigenvalue weighted by Crippen LogP contribution is 2.29. The van der Waals surface area contributed by atoms with Crippen molar-refractivity contribution in [3.63, 3.8) is 0 Å². The van der Waals surface area contributed by atoms with E-state index in [1.807, 2.05) is 18.2 Å². The fourth-order valence-corrected chi connectivity index (χ4v) is 4.10. The molecule has 0 unspecified atom stereocenters. The van der Waals surface area contributed by atoms with E-state index >= 15 is 0 Å². The molecule has 3 heterocycles. The van der Waals surface area contributed by atoms with Gasteiger partial charge in [0, 0.05) is 23.3 Å². The van der Waals surface area contributed by atoms with Gasteiger partial charge >= 0.3 is 0 Å². The molecule has 0 spiro atoms. The minimum absolute atomic E-state index is 0.702. The van der Waals surface area contributed by atoms with Gasteiger partial charge in [-0.2, -0.15) is 4.73 Å². The summed E-state index contributed by atoms with van der Waals surface area (Å²) in [6, 6.07) is 9.53. The molecule has 0 aliphatic carbocycles. The number of thiazole rings is 1. The van der Waals surface area contributed by atoms with Crippen molar-refractivity contribution in [3.05, 3.63) is 58.2 Å². The van der Waals surface area contributed by atoms with Gasteiger partial charge in [0.15, 0.2) is 6.20 Å². The molecule has 0 N–H and O–H groups in total. The zero-order valence-corrected chi connectivity index (χ0v) is 12.3. The number of hydrogen-bond acceptors (Lipinski definition) is 5. The van der Waals surface area contributed by atoms with Crippen LogP contribution in [0.25, 0.3) is 9.88 Å². The Hall–Kier alpha value is -1.37. The highest BCUT2D eigenvalue weighted by atomic mass is 32.2. The maximum Gasteiger partial charge on any atom is 0.251 e. The van der Waals surface area contributed by atoms with E-state index in [0.717, 1.165) is 15.4 Å². The van der Waals surface area contributed by atoms with E-state index in [-0.39, 0.29) is 0 Å². The summed E-state index contributed by atoms with van der Waals surface area (Å²) in [5.41, 5.74) is 1.02. The van der Waals surface area contributed by atoms with Gasteiger partial charge < -0.3 is 5.21 Å². The monoisotopic (exact) mass is 306 g/mol. The summed E-state index contributed by atoms with van der Waals surface area (Å²) < 4.78 is 0.886. The maximum absolute atomic E-state index is 11.5. The first kappa shape index (κ1) is 12.7. The lowest BCUT2D eigenvalue weighted by atomic mass is 10.5. The number of aromatic nitrogens is 2. The molecule has 3 nitrogen and oxygen atoms in total. The largest absolute Gasteiger partial charge is 0.618 e.